The fraction of sp³-hybridized carbons (Fsp3) is 0.412. The number of halogens is 1. The summed E-state index contributed by atoms with van der Waals surface area (Å²) < 4.78 is 9.97. The zero-order valence-corrected chi connectivity index (χ0v) is 28.2. The number of rotatable bonds is 5. The maximum atomic E-state index is 12.6. The van der Waals surface area contributed by atoms with Gasteiger partial charge in [-0.15, -0.1) is 30.4 Å². The molecule has 2 aromatic rings. The summed E-state index contributed by atoms with van der Waals surface area (Å²) in [6.07, 6.45) is 12.5. The van der Waals surface area contributed by atoms with E-state index in [-0.39, 0.29) is 68.2 Å². The first kappa shape index (κ1) is 40.1. The van der Waals surface area contributed by atoms with Crippen molar-refractivity contribution >= 4 is 35.1 Å². The van der Waals surface area contributed by atoms with Gasteiger partial charge in [-0.3, -0.25) is 19.2 Å². The van der Waals surface area contributed by atoms with Crippen LogP contribution in [0.15, 0.2) is 48.5 Å². The fourth-order valence-corrected chi connectivity index (χ4v) is 4.62. The largest absolute Gasteiger partial charge is 1.00 e. The number of ether oxygens (including phenoxy) is 2. The van der Waals surface area contributed by atoms with Crippen molar-refractivity contribution in [2.24, 2.45) is 11.3 Å². The van der Waals surface area contributed by atoms with Crippen molar-refractivity contribution in [2.45, 2.75) is 52.9 Å². The van der Waals surface area contributed by atoms with Crippen molar-refractivity contribution < 1.29 is 64.7 Å². The molecule has 2 aliphatic carbocycles. The number of terminal acetylenes is 2. The molecule has 0 amide bonds. The van der Waals surface area contributed by atoms with Gasteiger partial charge >= 0.3 is 41.5 Å². The van der Waals surface area contributed by atoms with Gasteiger partial charge in [-0.1, -0.05) is 54.5 Å². The molecule has 0 radical (unpaired) electrons. The Morgan fingerprint density at radius 3 is 1.98 bits per heavy atom. The van der Waals surface area contributed by atoms with E-state index in [4.69, 9.17) is 32.6 Å². The van der Waals surface area contributed by atoms with Crippen LogP contribution in [0.4, 0.5) is 0 Å². The Labute approximate surface area is 283 Å². The number of fused-ring (bicyclic) bond motifs is 2. The van der Waals surface area contributed by atoms with E-state index in [1.165, 1.54) is 0 Å². The van der Waals surface area contributed by atoms with E-state index in [9.17, 15) is 19.2 Å². The number of benzene rings is 2. The summed E-state index contributed by atoms with van der Waals surface area (Å²) >= 11 is 4.95. The molecule has 2 aromatic carbocycles. The summed E-state index contributed by atoms with van der Waals surface area (Å²) in [5.74, 6) is 3.19. The Balaban J connectivity index is 0. The summed E-state index contributed by atoms with van der Waals surface area (Å²) in [5, 5.41) is 7.57. The van der Waals surface area contributed by atoms with Crippen LogP contribution in [-0.2, 0) is 31.9 Å². The van der Waals surface area contributed by atoms with Crippen LogP contribution in [0.1, 0.15) is 73.3 Å². The Morgan fingerprint density at radius 1 is 0.953 bits per heavy atom. The van der Waals surface area contributed by atoms with Crippen molar-refractivity contribution in [3.8, 4) is 24.7 Å². The van der Waals surface area contributed by atoms with E-state index in [0.717, 1.165) is 17.5 Å². The van der Waals surface area contributed by atoms with Crippen molar-refractivity contribution in [3.63, 3.8) is 0 Å². The molecule has 2 aliphatic rings. The average Bonchev–Trinajstić information content (AvgIpc) is 3.00. The van der Waals surface area contributed by atoms with Crippen molar-refractivity contribution in [1.29, 1.82) is 0 Å². The van der Waals surface area contributed by atoms with E-state index in [0.29, 0.717) is 42.9 Å². The number of aryl methyl sites for hydroxylation is 2. The Hall–Kier alpha value is -2.91. The third-order valence-electron chi connectivity index (χ3n) is 6.54. The number of aliphatic hydroxyl groups is 1. The van der Waals surface area contributed by atoms with Gasteiger partial charge in [-0.25, -0.2) is 0 Å². The van der Waals surface area contributed by atoms with Crippen LogP contribution in [-0.4, -0.2) is 54.3 Å². The molecule has 43 heavy (non-hydrogen) atoms. The molecule has 2 atom stereocenters. The monoisotopic (exact) mass is 618 g/mol. The second-order valence-electron chi connectivity index (χ2n) is 9.19. The summed E-state index contributed by atoms with van der Waals surface area (Å²) in [7, 11) is 0. The third-order valence-corrected chi connectivity index (χ3v) is 6.69. The molecule has 0 saturated heterocycles. The number of carbonyl (C=O) groups is 4. The molecule has 0 fully saturated rings. The van der Waals surface area contributed by atoms with Crippen LogP contribution in [0.2, 0.25) is 0 Å². The van der Waals surface area contributed by atoms with Gasteiger partial charge in [0.15, 0.2) is 11.6 Å². The van der Waals surface area contributed by atoms with Gasteiger partial charge in [0.1, 0.15) is 11.3 Å². The smallest absolute Gasteiger partial charge is 1.00 e. The SMILES string of the molecule is C#CCCl.C#CC[C@@]1(C(=O)OCC)CCc2ccccc2C1=O.CCO.CCOC(=O)[C@H]1CCc2ccccc2C1=O.[H-].[Na+]. The van der Waals surface area contributed by atoms with Crippen molar-refractivity contribution in [2.75, 3.05) is 25.7 Å². The Morgan fingerprint density at radius 2 is 1.47 bits per heavy atom. The average molecular weight is 619 g/mol. The molecule has 0 aliphatic heterocycles. The molecule has 9 heteroatoms. The van der Waals surface area contributed by atoms with Gasteiger partial charge in [0.25, 0.3) is 0 Å². The maximum Gasteiger partial charge on any atom is 1.00 e. The summed E-state index contributed by atoms with van der Waals surface area (Å²) in [4.78, 5) is 48.4. The van der Waals surface area contributed by atoms with E-state index >= 15 is 0 Å². The predicted molar refractivity (Wildman–Crippen MR) is 164 cm³/mol. The third kappa shape index (κ3) is 11.3. The number of Topliss-reactive ketones (excluding diaryl/α,β-unsaturated/α-hetero) is 2. The molecule has 0 bridgehead atoms. The van der Waals surface area contributed by atoms with E-state index in [2.05, 4.69) is 18.3 Å². The molecular formula is C34H40ClNaO7. The van der Waals surface area contributed by atoms with E-state index < -0.39 is 17.3 Å². The summed E-state index contributed by atoms with van der Waals surface area (Å²) in [6, 6.07) is 14.8. The van der Waals surface area contributed by atoms with E-state index in [1.807, 2.05) is 30.3 Å². The van der Waals surface area contributed by atoms with Crippen LogP contribution in [0, 0.1) is 36.0 Å². The second kappa shape index (κ2) is 21.7. The van der Waals surface area contributed by atoms with Crippen LogP contribution >= 0.6 is 11.6 Å². The molecule has 1 N–H and O–H groups in total. The first-order valence-corrected chi connectivity index (χ1v) is 14.4. The number of esters is 2. The quantitative estimate of drug-likeness (QED) is 0.180. The van der Waals surface area contributed by atoms with E-state index in [1.54, 1.807) is 39.0 Å². The minimum absolute atomic E-state index is 0. The minimum Gasteiger partial charge on any atom is -1.00 e. The second-order valence-corrected chi connectivity index (χ2v) is 9.46. The Kier molecular flexibility index (Phi) is 20.3. The molecule has 7 nitrogen and oxygen atoms in total. The topological polar surface area (TPSA) is 107 Å². The van der Waals surface area contributed by atoms with Gasteiger partial charge in [-0.2, -0.15) is 0 Å². The normalized spacial score (nSPS) is 17.4. The molecule has 0 unspecified atom stereocenters. The predicted octanol–water partition coefficient (Wildman–Crippen LogP) is 2.36. The van der Waals surface area contributed by atoms with Crippen molar-refractivity contribution in [3.05, 3.63) is 70.8 Å². The molecule has 0 saturated carbocycles. The number of carbonyl (C=O) groups excluding carboxylic acids is 4. The fourth-order valence-electron chi connectivity index (χ4n) is 4.62. The molecule has 0 spiro atoms. The standard InChI is InChI=1S/C16H16O3.C13H14O3.C3H3Cl.C2H6O.Na.H/c1-3-10-16(15(18)19-4-2)11-9-12-7-5-6-8-13(12)14(16)17;1-2-16-13(15)11-8-7-9-5-3-4-6-10(9)12(11)14;1-2-3-4;1-2-3;;/h1,5-8H,4,9-11H2,2H3;3-6,11H,2,7-8H2,1H3;1H,3H2;3H,2H2,1H3;;/q;;;;+1;-1/t16-;11-;;;;/m10..../s1. The van der Waals surface area contributed by atoms with Crippen LogP contribution in [0.3, 0.4) is 0 Å². The number of hydrogen-bond donors (Lipinski definition) is 1. The van der Waals surface area contributed by atoms with Crippen LogP contribution in [0.5, 0.6) is 0 Å². The Bertz CT molecular complexity index is 1300. The number of alkyl halides is 1. The van der Waals surface area contributed by atoms with Gasteiger partial charge < -0.3 is 16.0 Å². The summed E-state index contributed by atoms with van der Waals surface area (Å²) in [6.45, 7) is 5.98. The maximum absolute atomic E-state index is 12.6. The van der Waals surface area contributed by atoms with Gasteiger partial charge in [0.2, 0.25) is 0 Å². The molecular weight excluding hydrogens is 579 g/mol. The zero-order valence-electron chi connectivity index (χ0n) is 26.5. The zero-order chi connectivity index (χ0) is 31.5. The number of aliphatic hydroxyl groups excluding tert-OH is 1. The summed E-state index contributed by atoms with van der Waals surface area (Å²) in [5.41, 5.74) is 2.08. The van der Waals surface area contributed by atoms with Crippen LogP contribution < -0.4 is 29.6 Å². The molecule has 4 rings (SSSR count). The molecule has 0 heterocycles. The molecule has 0 aromatic heterocycles. The van der Waals surface area contributed by atoms with Crippen LogP contribution in [0.25, 0.3) is 0 Å². The first-order valence-electron chi connectivity index (χ1n) is 13.8. The number of ketones is 2. The van der Waals surface area contributed by atoms with Crippen molar-refractivity contribution in [1.82, 2.24) is 0 Å². The molecule has 226 valence electrons. The van der Waals surface area contributed by atoms with Gasteiger partial charge in [0, 0.05) is 24.2 Å². The van der Waals surface area contributed by atoms with Gasteiger partial charge in [-0.05, 0) is 57.6 Å². The minimum atomic E-state index is -1.20. The first-order chi connectivity index (χ1) is 20.2. The number of hydrogen-bond acceptors (Lipinski definition) is 7. The van der Waals surface area contributed by atoms with Gasteiger partial charge in [0.05, 0.1) is 19.1 Å².